The second kappa shape index (κ2) is 4.29. The Labute approximate surface area is 102 Å². The lowest BCUT2D eigenvalue weighted by atomic mass is 10.1. The number of hydrogen-bond acceptors (Lipinski definition) is 4. The number of aromatic amines is 1. The number of nitrogens with zero attached hydrogens (tertiary/aromatic N) is 2. The fourth-order valence-corrected chi connectivity index (χ4v) is 1.80. The average molecular weight is 239 g/mol. The third-order valence-corrected chi connectivity index (χ3v) is 2.61. The highest BCUT2D eigenvalue weighted by Crippen LogP contribution is 2.30. The smallest absolute Gasteiger partial charge is 0.185 e. The summed E-state index contributed by atoms with van der Waals surface area (Å²) in [5, 5.41) is 6.64. The van der Waals surface area contributed by atoms with Crippen molar-refractivity contribution in [3.8, 4) is 22.7 Å². The first-order valence-corrected chi connectivity index (χ1v) is 5.38. The van der Waals surface area contributed by atoms with Gasteiger partial charge in [-0.25, -0.2) is 4.98 Å². The van der Waals surface area contributed by atoms with Gasteiger partial charge in [-0.2, -0.15) is 5.10 Å². The second-order valence-corrected chi connectivity index (χ2v) is 3.70. The molecule has 3 aromatic rings. The molecule has 0 fully saturated rings. The molecule has 88 valence electrons. The Hall–Kier alpha value is -2.69. The molecule has 5 heteroatoms. The van der Waals surface area contributed by atoms with Crippen LogP contribution in [0.4, 0.5) is 0 Å². The van der Waals surface area contributed by atoms with Crippen LogP contribution in [0.2, 0.25) is 0 Å². The summed E-state index contributed by atoms with van der Waals surface area (Å²) in [4.78, 5) is 14.8. The summed E-state index contributed by atoms with van der Waals surface area (Å²) in [7, 11) is 0. The largest absolute Gasteiger partial charge is 0.453 e. The fraction of sp³-hybridized carbons (Fsp3) is 0. The fourth-order valence-electron chi connectivity index (χ4n) is 1.80. The molecule has 0 saturated heterocycles. The van der Waals surface area contributed by atoms with Gasteiger partial charge in [0.1, 0.15) is 12.1 Å². The van der Waals surface area contributed by atoms with Crippen LogP contribution in [0, 0.1) is 0 Å². The molecule has 0 spiro atoms. The van der Waals surface area contributed by atoms with E-state index in [-0.39, 0.29) is 0 Å². The number of aldehydes is 1. The van der Waals surface area contributed by atoms with E-state index in [0.717, 1.165) is 11.1 Å². The van der Waals surface area contributed by atoms with Gasteiger partial charge >= 0.3 is 0 Å². The Balaban J connectivity index is 2.15. The van der Waals surface area contributed by atoms with Gasteiger partial charge in [0.05, 0.1) is 0 Å². The Morgan fingerprint density at radius 3 is 2.61 bits per heavy atom. The quantitative estimate of drug-likeness (QED) is 0.713. The zero-order chi connectivity index (χ0) is 12.4. The van der Waals surface area contributed by atoms with Gasteiger partial charge in [0.25, 0.3) is 0 Å². The van der Waals surface area contributed by atoms with Crippen molar-refractivity contribution in [3.05, 3.63) is 48.5 Å². The summed E-state index contributed by atoms with van der Waals surface area (Å²) in [5.41, 5.74) is 1.74. The number of aromatic nitrogens is 3. The van der Waals surface area contributed by atoms with Crippen molar-refractivity contribution in [2.75, 3.05) is 0 Å². The molecule has 3 rings (SSSR count). The lowest BCUT2D eigenvalue weighted by Gasteiger charge is -2.03. The molecule has 5 nitrogen and oxygen atoms in total. The van der Waals surface area contributed by atoms with Crippen LogP contribution in [0.3, 0.4) is 0 Å². The van der Waals surface area contributed by atoms with E-state index in [0.29, 0.717) is 23.6 Å². The molecule has 18 heavy (non-hydrogen) atoms. The molecule has 0 aliphatic heterocycles. The second-order valence-electron chi connectivity index (χ2n) is 3.70. The molecular weight excluding hydrogens is 230 g/mol. The lowest BCUT2D eigenvalue weighted by Crippen LogP contribution is -1.85. The molecule has 0 saturated carbocycles. The maximum absolute atomic E-state index is 10.6. The summed E-state index contributed by atoms with van der Waals surface area (Å²) in [6.45, 7) is 0. The maximum atomic E-state index is 10.6. The van der Waals surface area contributed by atoms with Gasteiger partial charge in [0.2, 0.25) is 0 Å². The van der Waals surface area contributed by atoms with Crippen molar-refractivity contribution in [3.63, 3.8) is 0 Å². The molecule has 0 unspecified atom stereocenters. The van der Waals surface area contributed by atoms with Gasteiger partial charge in [0.15, 0.2) is 17.9 Å². The highest BCUT2D eigenvalue weighted by Gasteiger charge is 2.12. The van der Waals surface area contributed by atoms with Gasteiger partial charge in [0, 0.05) is 11.1 Å². The van der Waals surface area contributed by atoms with E-state index in [1.54, 1.807) is 12.1 Å². The van der Waals surface area contributed by atoms with E-state index in [1.807, 2.05) is 24.3 Å². The number of rotatable bonds is 3. The monoisotopic (exact) mass is 239 g/mol. The van der Waals surface area contributed by atoms with Crippen molar-refractivity contribution in [2.24, 2.45) is 0 Å². The number of H-pyrrole nitrogens is 1. The van der Waals surface area contributed by atoms with E-state index in [2.05, 4.69) is 15.2 Å². The number of carbonyl (C=O) groups excluding carboxylic acids is 1. The number of benzene rings is 1. The van der Waals surface area contributed by atoms with Crippen molar-refractivity contribution in [1.29, 1.82) is 0 Å². The molecular formula is C13H9N3O2. The van der Waals surface area contributed by atoms with E-state index in [4.69, 9.17) is 4.42 Å². The highest BCUT2D eigenvalue weighted by molar-refractivity contribution is 5.79. The first-order chi connectivity index (χ1) is 8.88. The van der Waals surface area contributed by atoms with Crippen LogP contribution in [0.5, 0.6) is 0 Å². The zero-order valence-electron chi connectivity index (χ0n) is 9.33. The normalized spacial score (nSPS) is 10.4. The molecule has 0 amide bonds. The van der Waals surface area contributed by atoms with E-state index < -0.39 is 0 Å². The van der Waals surface area contributed by atoms with E-state index in [9.17, 15) is 4.79 Å². The van der Waals surface area contributed by atoms with Crippen LogP contribution >= 0.6 is 0 Å². The minimum absolute atomic E-state index is 0.303. The molecule has 0 aliphatic carbocycles. The first-order valence-electron chi connectivity index (χ1n) is 5.38. The standard InChI is InChI=1S/C13H9N3O2/c17-7-9-5-6-12(18-9)10-3-1-2-4-11(10)13-14-8-15-16-13/h1-8H,(H,14,15,16). The highest BCUT2D eigenvalue weighted by atomic mass is 16.3. The van der Waals surface area contributed by atoms with Crippen LogP contribution in [0.15, 0.2) is 47.1 Å². The van der Waals surface area contributed by atoms with Crippen LogP contribution in [-0.2, 0) is 0 Å². The predicted molar refractivity (Wildman–Crippen MR) is 64.9 cm³/mol. The Kier molecular flexibility index (Phi) is 2.49. The first kappa shape index (κ1) is 10.5. The van der Waals surface area contributed by atoms with Crippen LogP contribution < -0.4 is 0 Å². The third kappa shape index (κ3) is 1.71. The zero-order valence-corrected chi connectivity index (χ0v) is 9.33. The van der Waals surface area contributed by atoms with E-state index in [1.165, 1.54) is 6.33 Å². The van der Waals surface area contributed by atoms with Gasteiger partial charge in [-0.3, -0.25) is 9.89 Å². The van der Waals surface area contributed by atoms with Crippen LogP contribution in [0.1, 0.15) is 10.6 Å². The average Bonchev–Trinajstić information content (AvgIpc) is 3.10. The summed E-state index contributed by atoms with van der Waals surface area (Å²) in [6.07, 6.45) is 2.13. The van der Waals surface area contributed by atoms with Crippen molar-refractivity contribution < 1.29 is 9.21 Å². The molecule has 0 radical (unpaired) electrons. The van der Waals surface area contributed by atoms with E-state index >= 15 is 0 Å². The predicted octanol–water partition coefficient (Wildman–Crippen LogP) is 2.54. The summed E-state index contributed by atoms with van der Waals surface area (Å²) in [5.74, 6) is 1.59. The molecule has 1 aromatic carbocycles. The molecule has 2 aromatic heterocycles. The van der Waals surface area contributed by atoms with Crippen LogP contribution in [0.25, 0.3) is 22.7 Å². The summed E-state index contributed by atoms with van der Waals surface area (Å²) >= 11 is 0. The lowest BCUT2D eigenvalue weighted by molar-refractivity contribution is 0.110. The van der Waals surface area contributed by atoms with Crippen molar-refractivity contribution in [1.82, 2.24) is 15.2 Å². The van der Waals surface area contributed by atoms with Crippen molar-refractivity contribution in [2.45, 2.75) is 0 Å². The van der Waals surface area contributed by atoms with Gasteiger partial charge < -0.3 is 4.42 Å². The topological polar surface area (TPSA) is 71.8 Å². The summed E-state index contributed by atoms with van der Waals surface area (Å²) in [6, 6.07) is 11.0. The number of carbonyl (C=O) groups is 1. The Morgan fingerprint density at radius 1 is 1.11 bits per heavy atom. The number of furan rings is 1. The third-order valence-electron chi connectivity index (χ3n) is 2.61. The van der Waals surface area contributed by atoms with Crippen molar-refractivity contribution >= 4 is 6.29 Å². The number of nitrogens with one attached hydrogen (secondary N) is 1. The molecule has 0 bridgehead atoms. The maximum Gasteiger partial charge on any atom is 0.185 e. The minimum atomic E-state index is 0.303. The van der Waals surface area contributed by atoms with Gasteiger partial charge in [-0.1, -0.05) is 24.3 Å². The Morgan fingerprint density at radius 2 is 1.94 bits per heavy atom. The molecule has 0 aliphatic rings. The Bertz CT molecular complexity index is 671. The molecule has 2 heterocycles. The van der Waals surface area contributed by atoms with Crippen LogP contribution in [-0.4, -0.2) is 21.5 Å². The van der Waals surface area contributed by atoms with Gasteiger partial charge in [-0.15, -0.1) is 0 Å². The molecule has 0 atom stereocenters. The SMILES string of the molecule is O=Cc1ccc(-c2ccccc2-c2ncn[nH]2)o1. The van der Waals surface area contributed by atoms with Gasteiger partial charge in [-0.05, 0) is 12.1 Å². The minimum Gasteiger partial charge on any atom is -0.453 e. The molecule has 1 N–H and O–H groups in total. The number of hydrogen-bond donors (Lipinski definition) is 1. The summed E-state index contributed by atoms with van der Waals surface area (Å²) < 4.78 is 5.43.